The van der Waals surface area contributed by atoms with Gasteiger partial charge in [-0.05, 0) is 18.2 Å². The normalized spacial score (nSPS) is 9.18. The smallest absolute Gasteiger partial charge is 0.173 e. The first-order chi connectivity index (χ1) is 5.24. The first-order valence-electron chi connectivity index (χ1n) is 2.94. The minimum absolute atomic E-state index is 0.411. The molecule has 0 fully saturated rings. The van der Waals surface area contributed by atoms with E-state index >= 15 is 0 Å². The molecule has 11 heavy (non-hydrogen) atoms. The molecule has 0 bridgehead atoms. The van der Waals surface area contributed by atoms with Crippen LogP contribution in [0.1, 0.15) is 0 Å². The SMILES string of the molecule is N=COc1ccc(N)cc1Cl. The summed E-state index contributed by atoms with van der Waals surface area (Å²) in [5.74, 6) is 0.441. The molecule has 1 aromatic rings. The molecule has 3 N–H and O–H groups in total. The third-order valence-electron chi connectivity index (χ3n) is 1.14. The fourth-order valence-electron chi connectivity index (χ4n) is 0.676. The van der Waals surface area contributed by atoms with Crippen LogP contribution >= 0.6 is 11.6 Å². The number of hydrogen-bond acceptors (Lipinski definition) is 3. The van der Waals surface area contributed by atoms with Gasteiger partial charge in [0.05, 0.1) is 5.02 Å². The molecule has 4 heteroatoms. The van der Waals surface area contributed by atoms with Gasteiger partial charge in [-0.15, -0.1) is 0 Å². The van der Waals surface area contributed by atoms with Gasteiger partial charge in [0.15, 0.2) is 6.40 Å². The van der Waals surface area contributed by atoms with Crippen molar-refractivity contribution in [2.24, 2.45) is 0 Å². The van der Waals surface area contributed by atoms with E-state index in [1.165, 1.54) is 0 Å². The van der Waals surface area contributed by atoms with Crippen LogP contribution in [0.25, 0.3) is 0 Å². The van der Waals surface area contributed by atoms with E-state index in [2.05, 4.69) is 0 Å². The molecule has 0 radical (unpaired) electrons. The molecule has 0 aliphatic heterocycles. The molecule has 58 valence electrons. The zero-order valence-electron chi connectivity index (χ0n) is 5.67. The van der Waals surface area contributed by atoms with E-state index in [1.807, 2.05) is 0 Å². The quantitative estimate of drug-likeness (QED) is 0.405. The Kier molecular flexibility index (Phi) is 2.33. The Morgan fingerprint density at radius 3 is 2.82 bits per heavy atom. The average molecular weight is 171 g/mol. The fraction of sp³-hybridized carbons (Fsp3) is 0. The molecule has 1 aromatic carbocycles. The van der Waals surface area contributed by atoms with Gasteiger partial charge < -0.3 is 10.5 Å². The molecule has 1 rings (SSSR count). The zero-order valence-corrected chi connectivity index (χ0v) is 6.43. The number of anilines is 1. The van der Waals surface area contributed by atoms with Gasteiger partial charge in [-0.3, -0.25) is 5.41 Å². The van der Waals surface area contributed by atoms with Crippen molar-refractivity contribution in [3.05, 3.63) is 23.2 Å². The Balaban J connectivity index is 2.98. The Bertz CT molecular complexity index is 275. The molecule has 0 amide bonds. The monoisotopic (exact) mass is 170 g/mol. The fourth-order valence-corrected chi connectivity index (χ4v) is 0.910. The van der Waals surface area contributed by atoms with Crippen molar-refractivity contribution in [2.75, 3.05) is 5.73 Å². The molecule has 0 aromatic heterocycles. The van der Waals surface area contributed by atoms with Gasteiger partial charge in [-0.25, -0.2) is 0 Å². The molecule has 0 heterocycles. The molecule has 0 aliphatic carbocycles. The minimum atomic E-state index is 0.411. The number of rotatable bonds is 2. The lowest BCUT2D eigenvalue weighted by Gasteiger charge is -2.01. The highest BCUT2D eigenvalue weighted by atomic mass is 35.5. The van der Waals surface area contributed by atoms with Gasteiger partial charge in [0.1, 0.15) is 5.75 Å². The first kappa shape index (κ1) is 7.88. The predicted octanol–water partition coefficient (Wildman–Crippen LogP) is 1.91. The van der Waals surface area contributed by atoms with Crippen molar-refractivity contribution in [3.8, 4) is 5.75 Å². The second-order valence-electron chi connectivity index (χ2n) is 1.93. The molecule has 0 aliphatic rings. The summed E-state index contributed by atoms with van der Waals surface area (Å²) in [6.07, 6.45) is 0.817. The van der Waals surface area contributed by atoms with Crippen molar-refractivity contribution in [1.29, 1.82) is 5.41 Å². The van der Waals surface area contributed by atoms with E-state index in [0.717, 1.165) is 6.40 Å². The van der Waals surface area contributed by atoms with Crippen LogP contribution in [-0.4, -0.2) is 6.40 Å². The molecule has 3 nitrogen and oxygen atoms in total. The van der Waals surface area contributed by atoms with Gasteiger partial charge in [0.25, 0.3) is 0 Å². The third-order valence-corrected chi connectivity index (χ3v) is 1.44. The van der Waals surface area contributed by atoms with Crippen molar-refractivity contribution in [1.82, 2.24) is 0 Å². The van der Waals surface area contributed by atoms with E-state index in [9.17, 15) is 0 Å². The topological polar surface area (TPSA) is 59.1 Å². The van der Waals surface area contributed by atoms with Crippen LogP contribution in [0.2, 0.25) is 5.02 Å². The second kappa shape index (κ2) is 3.25. The predicted molar refractivity (Wildman–Crippen MR) is 45.3 cm³/mol. The molecule has 0 unspecified atom stereocenters. The van der Waals surface area contributed by atoms with Crippen LogP contribution in [0.5, 0.6) is 5.75 Å². The van der Waals surface area contributed by atoms with Crippen molar-refractivity contribution >= 4 is 23.7 Å². The molecule has 0 atom stereocenters. The van der Waals surface area contributed by atoms with Crippen LogP contribution in [0.15, 0.2) is 18.2 Å². The van der Waals surface area contributed by atoms with Crippen LogP contribution in [-0.2, 0) is 0 Å². The zero-order chi connectivity index (χ0) is 8.27. The number of ether oxygens (including phenoxy) is 1. The van der Waals surface area contributed by atoms with E-state index in [0.29, 0.717) is 16.5 Å². The number of benzene rings is 1. The maximum atomic E-state index is 6.65. The Morgan fingerprint density at radius 2 is 2.27 bits per heavy atom. The number of nitrogens with one attached hydrogen (secondary N) is 1. The van der Waals surface area contributed by atoms with E-state index in [-0.39, 0.29) is 0 Å². The van der Waals surface area contributed by atoms with Crippen LogP contribution in [0.4, 0.5) is 5.69 Å². The molecule has 0 saturated carbocycles. The minimum Gasteiger partial charge on any atom is -0.445 e. The molecular formula is C7H7ClN2O. The summed E-state index contributed by atoms with van der Waals surface area (Å²) in [7, 11) is 0. The van der Waals surface area contributed by atoms with Crippen molar-refractivity contribution in [2.45, 2.75) is 0 Å². The highest BCUT2D eigenvalue weighted by molar-refractivity contribution is 6.32. The lowest BCUT2D eigenvalue weighted by molar-refractivity contribution is 0.570. The summed E-state index contributed by atoms with van der Waals surface area (Å²) in [6.45, 7) is 0. The van der Waals surface area contributed by atoms with Crippen LogP contribution < -0.4 is 10.5 Å². The van der Waals surface area contributed by atoms with Crippen molar-refractivity contribution in [3.63, 3.8) is 0 Å². The molecular weight excluding hydrogens is 164 g/mol. The maximum Gasteiger partial charge on any atom is 0.173 e. The highest BCUT2D eigenvalue weighted by Crippen LogP contribution is 2.25. The summed E-state index contributed by atoms with van der Waals surface area (Å²) < 4.78 is 4.75. The number of hydrogen-bond donors (Lipinski definition) is 2. The van der Waals surface area contributed by atoms with E-state index < -0.39 is 0 Å². The standard InChI is InChI=1S/C7H7ClN2O/c8-6-3-5(10)1-2-7(6)11-4-9/h1-4,9H,10H2. The summed E-state index contributed by atoms with van der Waals surface area (Å²) in [4.78, 5) is 0. The van der Waals surface area contributed by atoms with Gasteiger partial charge in [-0.2, -0.15) is 0 Å². The number of nitrogen functional groups attached to an aromatic ring is 1. The Labute approximate surface area is 69.2 Å². The van der Waals surface area contributed by atoms with Gasteiger partial charge in [-0.1, -0.05) is 11.6 Å². The largest absolute Gasteiger partial charge is 0.445 e. The first-order valence-corrected chi connectivity index (χ1v) is 3.32. The molecule has 0 spiro atoms. The lowest BCUT2D eigenvalue weighted by Crippen LogP contribution is -1.90. The van der Waals surface area contributed by atoms with Crippen LogP contribution in [0.3, 0.4) is 0 Å². The average Bonchev–Trinajstić information content (AvgIpc) is 1.95. The molecule has 0 saturated heterocycles. The number of halogens is 1. The lowest BCUT2D eigenvalue weighted by atomic mass is 10.3. The van der Waals surface area contributed by atoms with Crippen LogP contribution in [0, 0.1) is 5.41 Å². The van der Waals surface area contributed by atoms with Gasteiger partial charge in [0, 0.05) is 5.69 Å². The highest BCUT2D eigenvalue weighted by Gasteiger charge is 1.98. The summed E-state index contributed by atoms with van der Waals surface area (Å²) in [5, 5.41) is 7.06. The van der Waals surface area contributed by atoms with Gasteiger partial charge in [0.2, 0.25) is 0 Å². The summed E-state index contributed by atoms with van der Waals surface area (Å²) in [6, 6.07) is 4.84. The maximum absolute atomic E-state index is 6.65. The number of nitrogens with two attached hydrogens (primary N) is 1. The third kappa shape index (κ3) is 1.85. The second-order valence-corrected chi connectivity index (χ2v) is 2.33. The summed E-state index contributed by atoms with van der Waals surface area (Å²) >= 11 is 5.70. The van der Waals surface area contributed by atoms with E-state index in [1.54, 1.807) is 18.2 Å². The van der Waals surface area contributed by atoms with Gasteiger partial charge >= 0.3 is 0 Å². The van der Waals surface area contributed by atoms with Crippen molar-refractivity contribution < 1.29 is 4.74 Å². The summed E-state index contributed by atoms with van der Waals surface area (Å²) in [5.41, 5.74) is 6.00. The van der Waals surface area contributed by atoms with E-state index in [4.69, 9.17) is 27.5 Å². The Hall–Kier alpha value is -1.22. The Morgan fingerprint density at radius 1 is 1.55 bits per heavy atom.